The molecule has 0 saturated carbocycles. The SMILES string of the molecule is CCC1(CC)CCN(c2ccc(C(=N)N)cc2)C1. The van der Waals surface area contributed by atoms with Crippen LogP contribution < -0.4 is 10.6 Å². The van der Waals surface area contributed by atoms with Crippen molar-refractivity contribution in [1.82, 2.24) is 0 Å². The fourth-order valence-corrected chi connectivity index (χ4v) is 2.83. The third-order valence-corrected chi connectivity index (χ3v) is 4.48. The van der Waals surface area contributed by atoms with E-state index in [4.69, 9.17) is 11.1 Å². The summed E-state index contributed by atoms with van der Waals surface area (Å²) in [6.07, 6.45) is 3.80. The number of benzene rings is 1. The molecule has 0 bridgehead atoms. The van der Waals surface area contributed by atoms with E-state index < -0.39 is 0 Å². The van der Waals surface area contributed by atoms with Gasteiger partial charge in [0.15, 0.2) is 0 Å². The van der Waals surface area contributed by atoms with Gasteiger partial charge in [0, 0.05) is 24.3 Å². The first-order valence-corrected chi connectivity index (χ1v) is 6.79. The molecule has 0 amide bonds. The molecule has 3 nitrogen and oxygen atoms in total. The van der Waals surface area contributed by atoms with Crippen LogP contribution in [-0.4, -0.2) is 18.9 Å². The smallest absolute Gasteiger partial charge is 0.122 e. The molecule has 0 aliphatic carbocycles. The van der Waals surface area contributed by atoms with Crippen LogP contribution >= 0.6 is 0 Å². The van der Waals surface area contributed by atoms with Crippen LogP contribution in [0.25, 0.3) is 0 Å². The summed E-state index contributed by atoms with van der Waals surface area (Å²) in [7, 11) is 0. The molecule has 2 rings (SSSR count). The van der Waals surface area contributed by atoms with Gasteiger partial charge in [0.1, 0.15) is 5.84 Å². The Hall–Kier alpha value is -1.51. The minimum absolute atomic E-state index is 0.138. The minimum Gasteiger partial charge on any atom is -0.384 e. The predicted molar refractivity (Wildman–Crippen MR) is 77.3 cm³/mol. The lowest BCUT2D eigenvalue weighted by atomic mass is 9.82. The van der Waals surface area contributed by atoms with Gasteiger partial charge in [0.2, 0.25) is 0 Å². The third-order valence-electron chi connectivity index (χ3n) is 4.48. The average molecular weight is 245 g/mol. The number of nitrogens with two attached hydrogens (primary N) is 1. The zero-order valence-corrected chi connectivity index (χ0v) is 11.4. The molecule has 1 fully saturated rings. The second kappa shape index (κ2) is 5.01. The van der Waals surface area contributed by atoms with E-state index in [-0.39, 0.29) is 5.84 Å². The maximum Gasteiger partial charge on any atom is 0.122 e. The molecule has 0 radical (unpaired) electrons. The van der Waals surface area contributed by atoms with Gasteiger partial charge >= 0.3 is 0 Å². The van der Waals surface area contributed by atoms with Crippen molar-refractivity contribution in [3.63, 3.8) is 0 Å². The first kappa shape index (κ1) is 12.9. The summed E-state index contributed by atoms with van der Waals surface area (Å²) < 4.78 is 0. The van der Waals surface area contributed by atoms with Crippen molar-refractivity contribution in [2.45, 2.75) is 33.1 Å². The van der Waals surface area contributed by atoms with Crippen molar-refractivity contribution in [1.29, 1.82) is 5.41 Å². The Balaban J connectivity index is 2.12. The molecule has 1 aliphatic rings. The Morgan fingerprint density at radius 3 is 2.33 bits per heavy atom. The highest BCUT2D eigenvalue weighted by Gasteiger charge is 2.34. The normalized spacial score (nSPS) is 18.0. The number of nitrogen functional groups attached to an aromatic ring is 1. The number of nitrogens with one attached hydrogen (secondary N) is 1. The van der Waals surface area contributed by atoms with Gasteiger partial charge in [-0.1, -0.05) is 13.8 Å². The number of anilines is 1. The van der Waals surface area contributed by atoms with Crippen LogP contribution in [0.5, 0.6) is 0 Å². The fourth-order valence-electron chi connectivity index (χ4n) is 2.83. The fraction of sp³-hybridized carbons (Fsp3) is 0.533. The van der Waals surface area contributed by atoms with Gasteiger partial charge in [-0.15, -0.1) is 0 Å². The number of amidine groups is 1. The molecular formula is C15H23N3. The number of hydrogen-bond donors (Lipinski definition) is 2. The van der Waals surface area contributed by atoms with Gasteiger partial charge in [-0.2, -0.15) is 0 Å². The maximum absolute atomic E-state index is 7.40. The van der Waals surface area contributed by atoms with E-state index in [0.717, 1.165) is 18.7 Å². The molecule has 3 N–H and O–H groups in total. The summed E-state index contributed by atoms with van der Waals surface area (Å²) in [5.41, 5.74) is 8.03. The summed E-state index contributed by atoms with van der Waals surface area (Å²) in [5, 5.41) is 7.40. The van der Waals surface area contributed by atoms with Crippen LogP contribution in [0.15, 0.2) is 24.3 Å². The number of nitrogens with zero attached hydrogens (tertiary/aromatic N) is 1. The quantitative estimate of drug-likeness (QED) is 0.633. The Kier molecular flexibility index (Phi) is 3.60. The lowest BCUT2D eigenvalue weighted by Crippen LogP contribution is -2.26. The Labute approximate surface area is 109 Å². The van der Waals surface area contributed by atoms with Crippen molar-refractivity contribution in [2.24, 2.45) is 11.1 Å². The van der Waals surface area contributed by atoms with Crippen LogP contribution in [0.1, 0.15) is 38.7 Å². The van der Waals surface area contributed by atoms with Gasteiger partial charge in [-0.3, -0.25) is 5.41 Å². The van der Waals surface area contributed by atoms with E-state index in [0.29, 0.717) is 5.41 Å². The highest BCUT2D eigenvalue weighted by molar-refractivity contribution is 5.95. The molecule has 3 heteroatoms. The van der Waals surface area contributed by atoms with E-state index in [1.54, 1.807) is 0 Å². The van der Waals surface area contributed by atoms with Crippen molar-refractivity contribution in [3.8, 4) is 0 Å². The largest absolute Gasteiger partial charge is 0.384 e. The third kappa shape index (κ3) is 2.35. The van der Waals surface area contributed by atoms with Gasteiger partial charge in [-0.25, -0.2) is 0 Å². The van der Waals surface area contributed by atoms with Crippen LogP contribution in [-0.2, 0) is 0 Å². The van der Waals surface area contributed by atoms with Gasteiger partial charge in [0.05, 0.1) is 0 Å². The first-order chi connectivity index (χ1) is 8.60. The van der Waals surface area contributed by atoms with Gasteiger partial charge in [0.25, 0.3) is 0 Å². The molecule has 0 spiro atoms. The molecule has 18 heavy (non-hydrogen) atoms. The van der Waals surface area contributed by atoms with Crippen LogP contribution in [0.4, 0.5) is 5.69 Å². The van der Waals surface area contributed by atoms with Crippen molar-refractivity contribution in [2.75, 3.05) is 18.0 Å². The maximum atomic E-state index is 7.40. The standard InChI is InChI=1S/C15H23N3/c1-3-15(4-2)9-10-18(11-15)13-7-5-12(6-8-13)14(16)17/h5-8H,3-4,9-11H2,1-2H3,(H3,16,17). The zero-order valence-electron chi connectivity index (χ0n) is 11.4. The van der Waals surface area contributed by atoms with Crippen LogP contribution in [0.3, 0.4) is 0 Å². The molecule has 1 saturated heterocycles. The summed E-state index contributed by atoms with van der Waals surface area (Å²) in [4.78, 5) is 2.46. The average Bonchev–Trinajstić information content (AvgIpc) is 2.84. The van der Waals surface area contributed by atoms with E-state index in [1.165, 1.54) is 24.9 Å². The van der Waals surface area contributed by atoms with E-state index in [1.807, 2.05) is 12.1 Å². The molecule has 1 aliphatic heterocycles. The molecule has 0 aromatic heterocycles. The van der Waals surface area contributed by atoms with E-state index in [9.17, 15) is 0 Å². The monoisotopic (exact) mass is 245 g/mol. The molecule has 0 unspecified atom stereocenters. The van der Waals surface area contributed by atoms with Crippen LogP contribution in [0, 0.1) is 10.8 Å². The Morgan fingerprint density at radius 2 is 1.89 bits per heavy atom. The second-order valence-electron chi connectivity index (χ2n) is 5.34. The molecular weight excluding hydrogens is 222 g/mol. The molecule has 1 heterocycles. The second-order valence-corrected chi connectivity index (χ2v) is 5.34. The summed E-state index contributed by atoms with van der Waals surface area (Å²) in [6, 6.07) is 8.04. The Morgan fingerprint density at radius 1 is 1.28 bits per heavy atom. The van der Waals surface area contributed by atoms with Crippen molar-refractivity contribution < 1.29 is 0 Å². The number of hydrogen-bond acceptors (Lipinski definition) is 2. The Bertz CT molecular complexity index is 418. The van der Waals surface area contributed by atoms with Crippen molar-refractivity contribution in [3.05, 3.63) is 29.8 Å². The summed E-state index contributed by atoms with van der Waals surface area (Å²) in [6.45, 7) is 6.89. The lowest BCUT2D eigenvalue weighted by Gasteiger charge is -2.27. The molecule has 0 atom stereocenters. The van der Waals surface area contributed by atoms with E-state index >= 15 is 0 Å². The summed E-state index contributed by atoms with van der Waals surface area (Å²) >= 11 is 0. The topological polar surface area (TPSA) is 53.1 Å². The zero-order chi connectivity index (χ0) is 13.2. The summed E-state index contributed by atoms with van der Waals surface area (Å²) in [5.74, 6) is 0.138. The molecule has 1 aromatic carbocycles. The highest BCUT2D eigenvalue weighted by atomic mass is 15.2. The van der Waals surface area contributed by atoms with E-state index in [2.05, 4.69) is 30.9 Å². The first-order valence-electron chi connectivity index (χ1n) is 6.79. The van der Waals surface area contributed by atoms with Gasteiger partial charge < -0.3 is 10.6 Å². The lowest BCUT2D eigenvalue weighted by molar-refractivity contribution is 0.301. The highest BCUT2D eigenvalue weighted by Crippen LogP contribution is 2.38. The van der Waals surface area contributed by atoms with Crippen LogP contribution in [0.2, 0.25) is 0 Å². The predicted octanol–water partition coefficient (Wildman–Crippen LogP) is 2.99. The molecule has 98 valence electrons. The molecule has 1 aromatic rings. The minimum atomic E-state index is 0.138. The van der Waals surface area contributed by atoms with Crippen molar-refractivity contribution >= 4 is 11.5 Å². The van der Waals surface area contributed by atoms with Gasteiger partial charge in [-0.05, 0) is 48.9 Å². The number of rotatable bonds is 4.